The molecule has 1 aromatic heterocycles. The molecule has 9 nitrogen and oxygen atoms in total. The number of hydrogen-bond acceptors (Lipinski definition) is 8. The zero-order valence-electron chi connectivity index (χ0n) is 19.2. The predicted octanol–water partition coefficient (Wildman–Crippen LogP) is 5.16. The maximum absolute atomic E-state index is 12.9. The van der Waals surface area contributed by atoms with Gasteiger partial charge in [0.1, 0.15) is 30.3 Å². The van der Waals surface area contributed by atoms with E-state index in [1.54, 1.807) is 55.5 Å². The Balaban J connectivity index is 1.52. The van der Waals surface area contributed by atoms with Gasteiger partial charge in [-0.2, -0.15) is 0 Å². The van der Waals surface area contributed by atoms with Crippen molar-refractivity contribution >= 4 is 60.0 Å². The van der Waals surface area contributed by atoms with Crippen molar-refractivity contribution in [3.63, 3.8) is 0 Å². The van der Waals surface area contributed by atoms with Crippen LogP contribution in [0.2, 0.25) is 0 Å². The summed E-state index contributed by atoms with van der Waals surface area (Å²) in [7, 11) is -3.08. The van der Waals surface area contributed by atoms with Crippen molar-refractivity contribution in [1.29, 1.82) is 0 Å². The number of nitrogens with zero attached hydrogens (tertiary/aromatic N) is 2. The predicted molar refractivity (Wildman–Crippen MR) is 143 cm³/mol. The van der Waals surface area contributed by atoms with E-state index in [9.17, 15) is 14.1 Å². The van der Waals surface area contributed by atoms with Gasteiger partial charge in [-0.15, -0.1) is 0 Å². The quantitative estimate of drug-likeness (QED) is 0.196. The van der Waals surface area contributed by atoms with E-state index >= 15 is 0 Å². The SMILES string of the molecule is C=S(=O)(NC(=O)OCC)c1cccc(COc2cc3ncnc(Nc4ccc(O)cc4)c3cc2Br)c1. The van der Waals surface area contributed by atoms with Crippen molar-refractivity contribution in [1.82, 2.24) is 14.7 Å². The molecule has 1 heterocycles. The monoisotopic (exact) mass is 570 g/mol. The number of amides is 1. The second-order valence-electron chi connectivity index (χ2n) is 7.63. The number of carbonyl (C=O) groups excluding carboxylic acids is 1. The first-order chi connectivity index (χ1) is 17.2. The van der Waals surface area contributed by atoms with Crippen molar-refractivity contribution in [3.05, 3.63) is 77.0 Å². The average molecular weight is 571 g/mol. The van der Waals surface area contributed by atoms with E-state index in [0.29, 0.717) is 26.5 Å². The van der Waals surface area contributed by atoms with Crippen molar-refractivity contribution in [3.8, 4) is 11.5 Å². The van der Waals surface area contributed by atoms with Crippen LogP contribution >= 0.6 is 15.9 Å². The van der Waals surface area contributed by atoms with Gasteiger partial charge in [0.05, 0.1) is 31.2 Å². The molecule has 0 fully saturated rings. The molecule has 0 radical (unpaired) electrons. The second kappa shape index (κ2) is 10.8. The molecular weight excluding hydrogens is 548 g/mol. The van der Waals surface area contributed by atoms with E-state index in [0.717, 1.165) is 16.6 Å². The fourth-order valence-electron chi connectivity index (χ4n) is 3.30. The first-order valence-electron chi connectivity index (χ1n) is 10.8. The van der Waals surface area contributed by atoms with E-state index in [1.807, 2.05) is 12.1 Å². The molecule has 4 rings (SSSR count). The fraction of sp³-hybridized carbons (Fsp3) is 0.120. The molecule has 1 amide bonds. The topological polar surface area (TPSA) is 123 Å². The second-order valence-corrected chi connectivity index (χ2v) is 10.5. The van der Waals surface area contributed by atoms with E-state index in [-0.39, 0.29) is 19.0 Å². The molecule has 0 saturated heterocycles. The van der Waals surface area contributed by atoms with Gasteiger partial charge in [0.25, 0.3) is 0 Å². The van der Waals surface area contributed by atoms with Gasteiger partial charge in [0.15, 0.2) is 0 Å². The Hall–Kier alpha value is -3.83. The highest BCUT2D eigenvalue weighted by Crippen LogP contribution is 2.33. The molecule has 4 aromatic rings. The number of halogens is 1. The lowest BCUT2D eigenvalue weighted by atomic mass is 10.2. The Morgan fingerprint density at radius 3 is 2.67 bits per heavy atom. The number of anilines is 2. The lowest BCUT2D eigenvalue weighted by molar-refractivity contribution is 0.159. The van der Waals surface area contributed by atoms with E-state index in [4.69, 9.17) is 9.47 Å². The largest absolute Gasteiger partial charge is 0.508 e. The molecule has 0 aliphatic rings. The van der Waals surface area contributed by atoms with Gasteiger partial charge in [0.2, 0.25) is 0 Å². The zero-order valence-corrected chi connectivity index (χ0v) is 21.6. The third-order valence-electron chi connectivity index (χ3n) is 5.02. The van der Waals surface area contributed by atoms with Gasteiger partial charge in [-0.3, -0.25) is 0 Å². The Bertz CT molecular complexity index is 1510. The number of benzene rings is 3. The lowest BCUT2D eigenvalue weighted by Gasteiger charge is -2.14. The Morgan fingerprint density at radius 1 is 1.14 bits per heavy atom. The number of rotatable bonds is 8. The number of aromatic nitrogens is 2. The van der Waals surface area contributed by atoms with Crippen LogP contribution in [0, 0.1) is 0 Å². The van der Waals surface area contributed by atoms with Gasteiger partial charge < -0.3 is 19.9 Å². The molecule has 186 valence electrons. The molecule has 36 heavy (non-hydrogen) atoms. The first kappa shape index (κ1) is 25.3. The fourth-order valence-corrected chi connectivity index (χ4v) is 4.85. The Morgan fingerprint density at radius 2 is 1.92 bits per heavy atom. The van der Waals surface area contributed by atoms with Crippen LogP contribution < -0.4 is 14.8 Å². The highest BCUT2D eigenvalue weighted by Gasteiger charge is 2.14. The summed E-state index contributed by atoms with van der Waals surface area (Å²) in [5.41, 5.74) is 2.17. The zero-order chi connectivity index (χ0) is 25.7. The van der Waals surface area contributed by atoms with Crippen LogP contribution in [-0.2, 0) is 21.1 Å². The summed E-state index contributed by atoms with van der Waals surface area (Å²) in [6.45, 7) is 2.00. The molecule has 3 N–H and O–H groups in total. The molecule has 0 bridgehead atoms. The van der Waals surface area contributed by atoms with Crippen LogP contribution in [0.4, 0.5) is 16.3 Å². The highest BCUT2D eigenvalue weighted by molar-refractivity contribution is 9.10. The number of carbonyl (C=O) groups is 1. The number of hydrogen-bond donors (Lipinski definition) is 3. The maximum Gasteiger partial charge on any atom is 0.418 e. The van der Waals surface area contributed by atoms with Crippen LogP contribution in [0.3, 0.4) is 0 Å². The molecular formula is C25H23BrN4O5S. The molecule has 11 heteroatoms. The summed E-state index contributed by atoms with van der Waals surface area (Å²) in [4.78, 5) is 20.7. The van der Waals surface area contributed by atoms with E-state index in [1.165, 1.54) is 6.33 Å². The molecule has 3 aromatic carbocycles. The standard InChI is InChI=1S/C25H23BrN4O5S/c1-3-34-25(32)30-36(2,33)19-6-4-5-16(11-19)14-35-23-13-22-20(12-21(23)26)24(28-15-27-22)29-17-7-9-18(31)10-8-17/h4-13,15,31H,2-3,14H2,1H3,(H,27,28,29)(H,30,32,33). The summed E-state index contributed by atoms with van der Waals surface area (Å²) < 4.78 is 26.7. The summed E-state index contributed by atoms with van der Waals surface area (Å²) in [5, 5.41) is 13.5. The molecule has 1 unspecified atom stereocenters. The lowest BCUT2D eigenvalue weighted by Crippen LogP contribution is -2.31. The van der Waals surface area contributed by atoms with Crippen LogP contribution in [0.15, 0.2) is 76.4 Å². The summed E-state index contributed by atoms with van der Waals surface area (Å²) in [5.74, 6) is 4.98. The minimum atomic E-state index is -3.08. The first-order valence-corrected chi connectivity index (χ1v) is 13.3. The van der Waals surface area contributed by atoms with Gasteiger partial charge in [-0.1, -0.05) is 12.1 Å². The highest BCUT2D eigenvalue weighted by atomic mass is 79.9. The third kappa shape index (κ3) is 6.04. The summed E-state index contributed by atoms with van der Waals surface area (Å²) >= 11 is 3.55. The van der Waals surface area contributed by atoms with Gasteiger partial charge in [-0.25, -0.2) is 23.7 Å². The van der Waals surface area contributed by atoms with Crippen molar-refractivity contribution in [2.45, 2.75) is 18.4 Å². The number of nitrogens with one attached hydrogen (secondary N) is 2. The van der Waals surface area contributed by atoms with E-state index < -0.39 is 15.8 Å². The van der Waals surface area contributed by atoms with Crippen molar-refractivity contribution in [2.75, 3.05) is 11.9 Å². The average Bonchev–Trinajstić information content (AvgIpc) is 2.84. The van der Waals surface area contributed by atoms with Crippen LogP contribution in [-0.4, -0.2) is 37.9 Å². The van der Waals surface area contributed by atoms with Gasteiger partial charge in [-0.05, 0) is 76.8 Å². The number of phenols is 1. The number of aromatic hydroxyl groups is 1. The van der Waals surface area contributed by atoms with Crippen molar-refractivity contribution in [2.24, 2.45) is 0 Å². The molecule has 0 aliphatic carbocycles. The minimum Gasteiger partial charge on any atom is -0.508 e. The van der Waals surface area contributed by atoms with Crippen LogP contribution in [0.25, 0.3) is 10.9 Å². The maximum atomic E-state index is 12.9. The molecule has 0 saturated carbocycles. The van der Waals surface area contributed by atoms with E-state index in [2.05, 4.69) is 41.8 Å². The van der Waals surface area contributed by atoms with Crippen molar-refractivity contribution < 1.29 is 23.6 Å². The van der Waals surface area contributed by atoms with Gasteiger partial charge >= 0.3 is 6.09 Å². The Labute approximate surface area is 216 Å². The van der Waals surface area contributed by atoms with Crippen LogP contribution in [0.1, 0.15) is 12.5 Å². The minimum absolute atomic E-state index is 0.162. The number of ether oxygens (including phenoxy) is 2. The van der Waals surface area contributed by atoms with Crippen LogP contribution in [0.5, 0.6) is 11.5 Å². The van der Waals surface area contributed by atoms with Gasteiger partial charge in [0, 0.05) is 17.1 Å². The third-order valence-corrected chi connectivity index (χ3v) is 7.15. The smallest absolute Gasteiger partial charge is 0.418 e. The normalized spacial score (nSPS) is 12.5. The number of fused-ring (bicyclic) bond motifs is 1. The molecule has 0 aliphatic heterocycles. The molecule has 0 spiro atoms. The summed E-state index contributed by atoms with van der Waals surface area (Å²) in [6.07, 6.45) is 0.661. The summed E-state index contributed by atoms with van der Waals surface area (Å²) in [6, 6.07) is 17.1. The number of phenolic OH excluding ortho intramolecular Hbond substituents is 1. The Kier molecular flexibility index (Phi) is 7.61. The molecule has 1 atom stereocenters.